The van der Waals surface area contributed by atoms with Gasteiger partial charge in [0.05, 0.1) is 6.54 Å². The number of pyridine rings is 1. The van der Waals surface area contributed by atoms with Crippen LogP contribution in [-0.4, -0.2) is 9.97 Å². The van der Waals surface area contributed by atoms with Crippen LogP contribution in [0, 0.1) is 0 Å². The highest BCUT2D eigenvalue weighted by Gasteiger charge is 1.99. The van der Waals surface area contributed by atoms with E-state index in [1.165, 1.54) is 4.88 Å². The quantitative estimate of drug-likeness (QED) is 0.859. The van der Waals surface area contributed by atoms with Crippen molar-refractivity contribution in [2.24, 2.45) is 0 Å². The largest absolute Gasteiger partial charge is 0.378 e. The molecule has 0 saturated carbocycles. The second kappa shape index (κ2) is 4.89. The van der Waals surface area contributed by atoms with Crippen LogP contribution in [0.1, 0.15) is 16.8 Å². The first kappa shape index (κ1) is 10.1. The van der Waals surface area contributed by atoms with Crippen LogP contribution >= 0.6 is 11.3 Å². The SMILES string of the molecule is CCc1cnc(CNc2ccncc2)s1. The van der Waals surface area contributed by atoms with E-state index < -0.39 is 0 Å². The van der Waals surface area contributed by atoms with Gasteiger partial charge >= 0.3 is 0 Å². The van der Waals surface area contributed by atoms with Crippen molar-refractivity contribution < 1.29 is 0 Å². The lowest BCUT2D eigenvalue weighted by molar-refractivity contribution is 1.09. The van der Waals surface area contributed by atoms with Crippen molar-refractivity contribution in [3.8, 4) is 0 Å². The molecule has 0 aliphatic heterocycles. The van der Waals surface area contributed by atoms with Crippen LogP contribution in [0.3, 0.4) is 0 Å². The smallest absolute Gasteiger partial charge is 0.112 e. The monoisotopic (exact) mass is 219 g/mol. The van der Waals surface area contributed by atoms with Crippen LogP contribution in [0.2, 0.25) is 0 Å². The van der Waals surface area contributed by atoms with Gasteiger partial charge in [0.2, 0.25) is 0 Å². The maximum absolute atomic E-state index is 4.34. The number of nitrogens with one attached hydrogen (secondary N) is 1. The van der Waals surface area contributed by atoms with Crippen molar-refractivity contribution in [1.29, 1.82) is 0 Å². The lowest BCUT2D eigenvalue weighted by Gasteiger charge is -2.02. The Labute approximate surface area is 93.2 Å². The molecule has 78 valence electrons. The molecule has 0 aliphatic carbocycles. The van der Waals surface area contributed by atoms with Crippen molar-refractivity contribution >= 4 is 17.0 Å². The Hall–Kier alpha value is -1.42. The van der Waals surface area contributed by atoms with Crippen LogP contribution in [0.15, 0.2) is 30.7 Å². The van der Waals surface area contributed by atoms with Gasteiger partial charge in [0, 0.05) is 29.2 Å². The minimum Gasteiger partial charge on any atom is -0.378 e. The Balaban J connectivity index is 1.93. The highest BCUT2D eigenvalue weighted by molar-refractivity contribution is 7.11. The maximum Gasteiger partial charge on any atom is 0.112 e. The van der Waals surface area contributed by atoms with Gasteiger partial charge in [0.25, 0.3) is 0 Å². The zero-order valence-corrected chi connectivity index (χ0v) is 9.42. The maximum atomic E-state index is 4.34. The molecule has 0 aliphatic rings. The number of hydrogen-bond acceptors (Lipinski definition) is 4. The standard InChI is InChI=1S/C11H13N3S/c1-2-10-7-14-11(15-10)8-13-9-3-5-12-6-4-9/h3-7H,2,8H2,1H3,(H,12,13). The van der Waals surface area contributed by atoms with E-state index in [0.717, 1.165) is 23.7 Å². The van der Waals surface area contributed by atoms with Crippen LogP contribution < -0.4 is 5.32 Å². The molecule has 4 heteroatoms. The molecule has 0 unspecified atom stereocenters. The summed E-state index contributed by atoms with van der Waals surface area (Å²) >= 11 is 1.76. The molecule has 0 bridgehead atoms. The molecule has 0 aromatic carbocycles. The molecular weight excluding hydrogens is 206 g/mol. The van der Waals surface area contributed by atoms with Gasteiger partial charge in [-0.15, -0.1) is 11.3 Å². The second-order valence-corrected chi connectivity index (χ2v) is 4.36. The van der Waals surface area contributed by atoms with E-state index in [9.17, 15) is 0 Å². The van der Waals surface area contributed by atoms with E-state index in [2.05, 4.69) is 22.2 Å². The van der Waals surface area contributed by atoms with Gasteiger partial charge in [0.1, 0.15) is 5.01 Å². The summed E-state index contributed by atoms with van der Waals surface area (Å²) in [7, 11) is 0. The number of nitrogens with zero attached hydrogens (tertiary/aromatic N) is 2. The normalized spacial score (nSPS) is 10.2. The van der Waals surface area contributed by atoms with Gasteiger partial charge in [-0.2, -0.15) is 0 Å². The predicted octanol–water partition coefficient (Wildman–Crippen LogP) is 2.71. The topological polar surface area (TPSA) is 37.8 Å². The Morgan fingerprint density at radius 3 is 2.80 bits per heavy atom. The summed E-state index contributed by atoms with van der Waals surface area (Å²) in [5, 5.41) is 4.43. The van der Waals surface area contributed by atoms with E-state index in [0.29, 0.717) is 0 Å². The molecule has 15 heavy (non-hydrogen) atoms. The third-order valence-corrected chi connectivity index (χ3v) is 3.22. The van der Waals surface area contributed by atoms with Gasteiger partial charge in [-0.25, -0.2) is 4.98 Å². The van der Waals surface area contributed by atoms with Gasteiger partial charge in [-0.3, -0.25) is 4.98 Å². The van der Waals surface area contributed by atoms with Crippen LogP contribution in [0.4, 0.5) is 5.69 Å². The third kappa shape index (κ3) is 2.76. The van der Waals surface area contributed by atoms with Gasteiger partial charge in [0.15, 0.2) is 0 Å². The minimum atomic E-state index is 0.786. The number of aryl methyl sites for hydroxylation is 1. The molecule has 2 aromatic rings. The lowest BCUT2D eigenvalue weighted by Crippen LogP contribution is -1.98. The summed E-state index contributed by atoms with van der Waals surface area (Å²) in [6.07, 6.45) is 6.57. The first-order chi connectivity index (χ1) is 7.38. The van der Waals surface area contributed by atoms with E-state index >= 15 is 0 Å². The second-order valence-electron chi connectivity index (χ2n) is 3.16. The Kier molecular flexibility index (Phi) is 3.29. The number of rotatable bonds is 4. The summed E-state index contributed by atoms with van der Waals surface area (Å²) in [6, 6.07) is 3.91. The molecule has 0 saturated heterocycles. The summed E-state index contributed by atoms with van der Waals surface area (Å²) in [6.45, 7) is 2.93. The summed E-state index contributed by atoms with van der Waals surface area (Å²) in [5.74, 6) is 0. The Morgan fingerprint density at radius 2 is 2.13 bits per heavy atom. The molecule has 3 nitrogen and oxygen atoms in total. The zero-order chi connectivity index (χ0) is 10.5. The van der Waals surface area contributed by atoms with E-state index in [4.69, 9.17) is 0 Å². The molecule has 2 aromatic heterocycles. The molecule has 0 amide bonds. The predicted molar refractivity (Wildman–Crippen MR) is 63.1 cm³/mol. The molecule has 0 radical (unpaired) electrons. The van der Waals surface area contributed by atoms with E-state index in [1.807, 2.05) is 18.3 Å². The number of thiazole rings is 1. The zero-order valence-electron chi connectivity index (χ0n) is 8.60. The molecule has 2 heterocycles. The summed E-state index contributed by atoms with van der Waals surface area (Å²) in [5.41, 5.74) is 1.08. The molecular formula is C11H13N3S. The van der Waals surface area contributed by atoms with E-state index in [1.54, 1.807) is 23.7 Å². The average Bonchev–Trinajstić information content (AvgIpc) is 2.76. The van der Waals surface area contributed by atoms with Gasteiger partial charge in [-0.1, -0.05) is 6.92 Å². The van der Waals surface area contributed by atoms with Crippen molar-refractivity contribution in [2.75, 3.05) is 5.32 Å². The van der Waals surface area contributed by atoms with Gasteiger partial charge in [-0.05, 0) is 18.6 Å². The van der Waals surface area contributed by atoms with Crippen molar-refractivity contribution in [2.45, 2.75) is 19.9 Å². The lowest BCUT2D eigenvalue weighted by atomic mass is 10.4. The Bertz CT molecular complexity index is 411. The molecule has 2 rings (SSSR count). The van der Waals surface area contributed by atoms with E-state index in [-0.39, 0.29) is 0 Å². The number of aromatic nitrogens is 2. The minimum absolute atomic E-state index is 0.786. The van der Waals surface area contributed by atoms with Crippen molar-refractivity contribution in [3.05, 3.63) is 40.6 Å². The first-order valence-corrected chi connectivity index (χ1v) is 5.77. The van der Waals surface area contributed by atoms with Crippen molar-refractivity contribution in [3.63, 3.8) is 0 Å². The summed E-state index contributed by atoms with van der Waals surface area (Å²) < 4.78 is 0. The number of hydrogen-bond donors (Lipinski definition) is 1. The average molecular weight is 219 g/mol. The first-order valence-electron chi connectivity index (χ1n) is 4.96. The molecule has 0 atom stereocenters. The fourth-order valence-corrected chi connectivity index (χ4v) is 2.04. The van der Waals surface area contributed by atoms with Crippen LogP contribution in [-0.2, 0) is 13.0 Å². The molecule has 0 spiro atoms. The van der Waals surface area contributed by atoms with Gasteiger partial charge < -0.3 is 5.32 Å². The molecule has 0 fully saturated rings. The van der Waals surface area contributed by atoms with Crippen LogP contribution in [0.25, 0.3) is 0 Å². The summed E-state index contributed by atoms with van der Waals surface area (Å²) in [4.78, 5) is 9.64. The van der Waals surface area contributed by atoms with Crippen molar-refractivity contribution in [1.82, 2.24) is 9.97 Å². The fraction of sp³-hybridized carbons (Fsp3) is 0.273. The third-order valence-electron chi connectivity index (χ3n) is 2.07. The molecule has 1 N–H and O–H groups in total. The Morgan fingerprint density at radius 1 is 1.33 bits per heavy atom. The highest BCUT2D eigenvalue weighted by atomic mass is 32.1. The number of anilines is 1. The fourth-order valence-electron chi connectivity index (χ4n) is 1.24. The highest BCUT2D eigenvalue weighted by Crippen LogP contribution is 2.14. The van der Waals surface area contributed by atoms with Crippen LogP contribution in [0.5, 0.6) is 0 Å².